The minimum atomic E-state index is -0.323. The summed E-state index contributed by atoms with van der Waals surface area (Å²) in [5.41, 5.74) is 2.70. The minimum Gasteiger partial charge on any atom is -0.496 e. The summed E-state index contributed by atoms with van der Waals surface area (Å²) in [4.78, 5) is 12.4. The number of methoxy groups -OCH3 is 1. The molecule has 0 aliphatic carbocycles. The lowest BCUT2D eigenvalue weighted by Gasteiger charge is -2.25. The maximum Gasteiger partial charge on any atom is 0.338 e. The van der Waals surface area contributed by atoms with Gasteiger partial charge in [-0.3, -0.25) is 0 Å². The first-order valence-electron chi connectivity index (χ1n) is 9.10. The van der Waals surface area contributed by atoms with Gasteiger partial charge in [0.15, 0.2) is 0 Å². The Hall–Kier alpha value is -2.53. The molecule has 1 aromatic heterocycles. The molecule has 1 aliphatic heterocycles. The van der Waals surface area contributed by atoms with E-state index in [1.165, 1.54) is 0 Å². The van der Waals surface area contributed by atoms with Crippen molar-refractivity contribution in [3.63, 3.8) is 0 Å². The number of carbonyl (C=O) groups is 1. The summed E-state index contributed by atoms with van der Waals surface area (Å²) < 4.78 is 18.8. The largest absolute Gasteiger partial charge is 0.496 e. The van der Waals surface area contributed by atoms with Crippen molar-refractivity contribution in [2.75, 3.05) is 26.9 Å². The molecule has 0 unspecified atom stereocenters. The van der Waals surface area contributed by atoms with E-state index >= 15 is 0 Å². The van der Waals surface area contributed by atoms with E-state index in [2.05, 4.69) is 22.8 Å². The van der Waals surface area contributed by atoms with Crippen LogP contribution in [0.4, 0.5) is 0 Å². The highest BCUT2D eigenvalue weighted by Crippen LogP contribution is 2.40. The summed E-state index contributed by atoms with van der Waals surface area (Å²) in [7, 11) is 1.64. The topological polar surface area (TPSA) is 49.7 Å². The van der Waals surface area contributed by atoms with Gasteiger partial charge in [-0.25, -0.2) is 4.79 Å². The van der Waals surface area contributed by atoms with Gasteiger partial charge in [0.1, 0.15) is 5.75 Å². The lowest BCUT2D eigenvalue weighted by molar-refractivity contribution is 0.0526. The van der Waals surface area contributed by atoms with Crippen LogP contribution in [0.5, 0.6) is 5.75 Å². The molecule has 4 rings (SSSR count). The van der Waals surface area contributed by atoms with Crippen LogP contribution in [0.25, 0.3) is 21.8 Å². The number of hydrogen-bond donors (Lipinski definition) is 0. The zero-order valence-corrected chi connectivity index (χ0v) is 15.2. The van der Waals surface area contributed by atoms with Crippen LogP contribution in [-0.4, -0.2) is 37.5 Å². The number of hydrogen-bond acceptors (Lipinski definition) is 4. The van der Waals surface area contributed by atoms with E-state index < -0.39 is 0 Å². The van der Waals surface area contributed by atoms with Crippen molar-refractivity contribution in [2.45, 2.75) is 25.8 Å². The first-order chi connectivity index (χ1) is 12.7. The third-order valence-electron chi connectivity index (χ3n) is 5.06. The Labute approximate surface area is 152 Å². The van der Waals surface area contributed by atoms with Crippen molar-refractivity contribution in [2.24, 2.45) is 0 Å². The molecule has 0 amide bonds. The van der Waals surface area contributed by atoms with Crippen LogP contribution < -0.4 is 4.74 Å². The van der Waals surface area contributed by atoms with E-state index in [4.69, 9.17) is 14.2 Å². The molecule has 0 N–H and O–H groups in total. The quantitative estimate of drug-likeness (QED) is 0.655. The van der Waals surface area contributed by atoms with Crippen LogP contribution >= 0.6 is 0 Å². The van der Waals surface area contributed by atoms with E-state index in [1.807, 2.05) is 19.1 Å². The molecule has 2 heterocycles. The Bertz CT molecular complexity index is 953. The summed E-state index contributed by atoms with van der Waals surface area (Å²) in [5, 5.41) is 2.18. The Morgan fingerprint density at radius 1 is 1.19 bits per heavy atom. The lowest BCUT2D eigenvalue weighted by atomic mass is 10.1. The fourth-order valence-electron chi connectivity index (χ4n) is 3.92. The van der Waals surface area contributed by atoms with Gasteiger partial charge in [-0.1, -0.05) is 18.2 Å². The van der Waals surface area contributed by atoms with Gasteiger partial charge in [0.25, 0.3) is 0 Å². The minimum absolute atomic E-state index is 0.323. The molecule has 0 atom stereocenters. The highest BCUT2D eigenvalue weighted by Gasteiger charge is 2.24. The monoisotopic (exact) mass is 353 g/mol. The molecule has 0 radical (unpaired) electrons. The molecule has 1 aliphatic rings. The molecule has 2 aromatic carbocycles. The Balaban J connectivity index is 2.02. The van der Waals surface area contributed by atoms with Crippen molar-refractivity contribution in [1.29, 1.82) is 0 Å². The number of benzene rings is 2. The van der Waals surface area contributed by atoms with Gasteiger partial charge in [-0.15, -0.1) is 0 Å². The normalized spacial score (nSPS) is 15.5. The van der Waals surface area contributed by atoms with Gasteiger partial charge in [-0.05, 0) is 38.0 Å². The van der Waals surface area contributed by atoms with Crippen molar-refractivity contribution in [3.05, 3.63) is 42.0 Å². The molecular formula is C21H23NO4. The van der Waals surface area contributed by atoms with E-state index in [1.54, 1.807) is 13.2 Å². The fourth-order valence-corrected chi connectivity index (χ4v) is 3.92. The predicted molar refractivity (Wildman–Crippen MR) is 101 cm³/mol. The van der Waals surface area contributed by atoms with Crippen LogP contribution in [0.1, 0.15) is 36.2 Å². The molecular weight excluding hydrogens is 330 g/mol. The molecule has 1 fully saturated rings. The van der Waals surface area contributed by atoms with Crippen LogP contribution in [0.15, 0.2) is 36.4 Å². The first-order valence-corrected chi connectivity index (χ1v) is 9.10. The number of rotatable bonds is 4. The molecule has 136 valence electrons. The predicted octanol–water partition coefficient (Wildman–Crippen LogP) is 4.33. The molecule has 3 aromatic rings. The first kappa shape index (κ1) is 16.9. The highest BCUT2D eigenvalue weighted by atomic mass is 16.5. The van der Waals surface area contributed by atoms with E-state index in [0.717, 1.165) is 47.9 Å². The summed E-state index contributed by atoms with van der Waals surface area (Å²) >= 11 is 0. The third kappa shape index (κ3) is 2.72. The second kappa shape index (κ2) is 7.00. The molecule has 26 heavy (non-hydrogen) atoms. The van der Waals surface area contributed by atoms with Crippen LogP contribution in [0.2, 0.25) is 0 Å². The summed E-state index contributed by atoms with van der Waals surface area (Å²) in [6.07, 6.45) is 1.92. The zero-order chi connectivity index (χ0) is 18.1. The third-order valence-corrected chi connectivity index (χ3v) is 5.06. The Kier molecular flexibility index (Phi) is 4.55. The standard InChI is InChI=1S/C21H23NO4/c1-3-26-21(23)14-12-18-20(19(13-14)24-2)16-6-4-5-7-17(16)22(18)15-8-10-25-11-9-15/h4-7,12-13,15H,3,8-11H2,1-2H3. The second-order valence-corrected chi connectivity index (χ2v) is 6.52. The van der Waals surface area contributed by atoms with E-state index in [9.17, 15) is 4.79 Å². The number of fused-ring (bicyclic) bond motifs is 3. The average molecular weight is 353 g/mol. The van der Waals surface area contributed by atoms with Gasteiger partial charge < -0.3 is 18.8 Å². The van der Waals surface area contributed by atoms with Gasteiger partial charge in [0.2, 0.25) is 0 Å². The molecule has 5 heteroatoms. The van der Waals surface area contributed by atoms with Crippen molar-refractivity contribution < 1.29 is 19.0 Å². The number of ether oxygens (including phenoxy) is 3. The molecule has 0 saturated carbocycles. The van der Waals surface area contributed by atoms with Gasteiger partial charge in [0, 0.05) is 35.5 Å². The van der Waals surface area contributed by atoms with E-state index in [0.29, 0.717) is 24.0 Å². The smallest absolute Gasteiger partial charge is 0.338 e. The highest BCUT2D eigenvalue weighted by molar-refractivity contribution is 6.13. The SMILES string of the molecule is CCOC(=O)c1cc(OC)c2c3ccccc3n(C3CCOCC3)c2c1. The zero-order valence-electron chi connectivity index (χ0n) is 15.2. The number of nitrogens with zero attached hydrogens (tertiary/aromatic N) is 1. The number of carbonyl (C=O) groups excluding carboxylic acids is 1. The van der Waals surface area contributed by atoms with Crippen LogP contribution in [-0.2, 0) is 9.47 Å². The summed E-state index contributed by atoms with van der Waals surface area (Å²) in [6.45, 7) is 3.68. The van der Waals surface area contributed by atoms with Crippen LogP contribution in [0.3, 0.4) is 0 Å². The number of para-hydroxylation sites is 1. The van der Waals surface area contributed by atoms with Crippen LogP contribution in [0, 0.1) is 0 Å². The number of esters is 1. The van der Waals surface area contributed by atoms with Gasteiger partial charge in [0.05, 0.1) is 24.8 Å². The maximum absolute atomic E-state index is 12.4. The number of aromatic nitrogens is 1. The lowest BCUT2D eigenvalue weighted by Crippen LogP contribution is -2.19. The van der Waals surface area contributed by atoms with E-state index in [-0.39, 0.29) is 5.97 Å². The second-order valence-electron chi connectivity index (χ2n) is 6.52. The molecule has 5 nitrogen and oxygen atoms in total. The van der Waals surface area contributed by atoms with Crippen molar-refractivity contribution in [1.82, 2.24) is 4.57 Å². The van der Waals surface area contributed by atoms with Gasteiger partial charge >= 0.3 is 5.97 Å². The summed E-state index contributed by atoms with van der Waals surface area (Å²) in [5.74, 6) is 0.379. The van der Waals surface area contributed by atoms with Crippen molar-refractivity contribution in [3.8, 4) is 5.75 Å². The molecule has 1 saturated heterocycles. The van der Waals surface area contributed by atoms with Crippen molar-refractivity contribution >= 4 is 27.8 Å². The average Bonchev–Trinajstić information content (AvgIpc) is 3.02. The van der Waals surface area contributed by atoms with Gasteiger partial charge in [-0.2, -0.15) is 0 Å². The Morgan fingerprint density at radius 2 is 1.96 bits per heavy atom. The fraction of sp³-hybridized carbons (Fsp3) is 0.381. The Morgan fingerprint density at radius 3 is 2.69 bits per heavy atom. The molecule has 0 bridgehead atoms. The summed E-state index contributed by atoms with van der Waals surface area (Å²) in [6, 6.07) is 12.4. The maximum atomic E-state index is 12.4. The molecule has 0 spiro atoms.